The van der Waals surface area contributed by atoms with Gasteiger partial charge in [0.1, 0.15) is 10.1 Å². The lowest BCUT2D eigenvalue weighted by Crippen LogP contribution is -2.31. The van der Waals surface area contributed by atoms with Crippen molar-refractivity contribution in [3.05, 3.63) is 64.6 Å². The van der Waals surface area contributed by atoms with Gasteiger partial charge in [-0.2, -0.15) is 0 Å². The van der Waals surface area contributed by atoms with Crippen molar-refractivity contribution in [3.8, 4) is 5.75 Å². The van der Waals surface area contributed by atoms with Crippen molar-refractivity contribution >= 4 is 57.8 Å². The smallest absolute Gasteiger partial charge is 0.337 e. The van der Waals surface area contributed by atoms with E-state index in [-0.39, 0.29) is 35.9 Å². The number of hydrogen-bond donors (Lipinski definition) is 3. The molecule has 2 amide bonds. The lowest BCUT2D eigenvalue weighted by atomic mass is 10.1. The van der Waals surface area contributed by atoms with Gasteiger partial charge in [0.25, 0.3) is 5.91 Å². The van der Waals surface area contributed by atoms with Gasteiger partial charge in [0, 0.05) is 13.0 Å². The summed E-state index contributed by atoms with van der Waals surface area (Å²) in [6, 6.07) is 13.0. The number of phenolic OH excluding ortho intramolecular Hbond substituents is 1. The zero-order chi connectivity index (χ0) is 21.0. The molecule has 1 saturated heterocycles. The molecule has 7 nitrogen and oxygen atoms in total. The molecule has 0 aliphatic carbocycles. The second-order valence-electron chi connectivity index (χ2n) is 6.08. The predicted octanol–water partition coefficient (Wildman–Crippen LogP) is 3.32. The largest absolute Gasteiger partial charge is 0.508 e. The molecule has 2 aromatic carbocycles. The minimum absolute atomic E-state index is 0.0645. The van der Waals surface area contributed by atoms with Crippen LogP contribution in [0.25, 0.3) is 6.08 Å². The molecular weight excluding hydrogens is 412 g/mol. The summed E-state index contributed by atoms with van der Waals surface area (Å²) in [5, 5.41) is 21.1. The number of nitrogens with one attached hydrogen (secondary N) is 1. The molecule has 1 fully saturated rings. The second kappa shape index (κ2) is 8.89. The Morgan fingerprint density at radius 2 is 1.90 bits per heavy atom. The molecule has 0 unspecified atom stereocenters. The first-order valence-electron chi connectivity index (χ1n) is 8.52. The molecule has 0 aromatic heterocycles. The van der Waals surface area contributed by atoms with E-state index >= 15 is 0 Å². The van der Waals surface area contributed by atoms with Crippen LogP contribution in [-0.2, 0) is 9.59 Å². The lowest BCUT2D eigenvalue weighted by molar-refractivity contribution is -0.122. The Balaban J connectivity index is 1.63. The molecular formula is C20H16N2O5S2. The summed E-state index contributed by atoms with van der Waals surface area (Å²) < 4.78 is 0.362. The molecule has 0 spiro atoms. The van der Waals surface area contributed by atoms with Crippen LogP contribution in [0.15, 0.2) is 53.4 Å². The van der Waals surface area contributed by atoms with E-state index in [1.54, 1.807) is 6.08 Å². The summed E-state index contributed by atoms with van der Waals surface area (Å²) >= 11 is 6.42. The molecule has 148 valence electrons. The SMILES string of the molecule is O=C(CCN1C(=O)C(=Cc2ccccc2)SC1=S)Nc1ccc(O)cc1C(=O)O. The highest BCUT2D eigenvalue weighted by Crippen LogP contribution is 2.32. The summed E-state index contributed by atoms with van der Waals surface area (Å²) in [6.07, 6.45) is 1.68. The number of rotatable bonds is 6. The lowest BCUT2D eigenvalue weighted by Gasteiger charge is -2.14. The number of thioether (sulfide) groups is 1. The number of carboxylic acids is 1. The molecule has 0 radical (unpaired) electrons. The minimum atomic E-state index is -1.28. The zero-order valence-electron chi connectivity index (χ0n) is 15.0. The number of carboxylic acid groups (broad SMARTS) is 1. The maximum atomic E-state index is 12.6. The van der Waals surface area contributed by atoms with E-state index in [2.05, 4.69) is 5.32 Å². The fraction of sp³-hybridized carbons (Fsp3) is 0.100. The van der Waals surface area contributed by atoms with Crippen LogP contribution in [0.2, 0.25) is 0 Å². The summed E-state index contributed by atoms with van der Waals surface area (Å²) in [5.74, 6) is -2.24. The summed E-state index contributed by atoms with van der Waals surface area (Å²) in [6.45, 7) is 0.0725. The van der Waals surface area contributed by atoms with Crippen molar-refractivity contribution < 1.29 is 24.6 Å². The number of phenols is 1. The highest BCUT2D eigenvalue weighted by Gasteiger charge is 2.32. The number of amides is 2. The molecule has 3 rings (SSSR count). The number of hydrogen-bond acceptors (Lipinski definition) is 6. The van der Waals surface area contributed by atoms with Crippen LogP contribution in [-0.4, -0.2) is 43.8 Å². The van der Waals surface area contributed by atoms with Crippen LogP contribution >= 0.6 is 24.0 Å². The van der Waals surface area contributed by atoms with Crippen molar-refractivity contribution in [2.45, 2.75) is 6.42 Å². The fourth-order valence-electron chi connectivity index (χ4n) is 2.64. The summed E-state index contributed by atoms with van der Waals surface area (Å²) in [4.78, 5) is 37.9. The number of carbonyl (C=O) groups excluding carboxylic acids is 2. The molecule has 2 aromatic rings. The maximum Gasteiger partial charge on any atom is 0.337 e. The normalized spacial score (nSPS) is 15.0. The van der Waals surface area contributed by atoms with Crippen molar-refractivity contribution in [2.75, 3.05) is 11.9 Å². The highest BCUT2D eigenvalue weighted by molar-refractivity contribution is 8.26. The number of thiocarbonyl (C=S) groups is 1. The average Bonchev–Trinajstić information content (AvgIpc) is 2.95. The van der Waals surface area contributed by atoms with Crippen molar-refractivity contribution in [1.29, 1.82) is 0 Å². The van der Waals surface area contributed by atoms with Crippen LogP contribution in [0.1, 0.15) is 22.3 Å². The molecule has 29 heavy (non-hydrogen) atoms. The Labute approximate surface area is 176 Å². The Hall–Kier alpha value is -3.17. The maximum absolute atomic E-state index is 12.6. The minimum Gasteiger partial charge on any atom is -0.508 e. The van der Waals surface area contributed by atoms with Gasteiger partial charge in [0.15, 0.2) is 0 Å². The molecule has 9 heteroatoms. The quantitative estimate of drug-likeness (QED) is 0.368. The van der Waals surface area contributed by atoms with Gasteiger partial charge in [0.05, 0.1) is 16.2 Å². The number of aromatic hydroxyl groups is 1. The predicted molar refractivity (Wildman–Crippen MR) is 115 cm³/mol. The first-order chi connectivity index (χ1) is 13.8. The van der Waals surface area contributed by atoms with Crippen molar-refractivity contribution in [2.24, 2.45) is 0 Å². The highest BCUT2D eigenvalue weighted by atomic mass is 32.2. The molecule has 1 heterocycles. The van der Waals surface area contributed by atoms with Gasteiger partial charge >= 0.3 is 5.97 Å². The topological polar surface area (TPSA) is 107 Å². The number of nitrogens with zero attached hydrogens (tertiary/aromatic N) is 1. The number of benzene rings is 2. The molecule has 0 saturated carbocycles. The van der Waals surface area contributed by atoms with Gasteiger partial charge in [-0.3, -0.25) is 14.5 Å². The van der Waals surface area contributed by atoms with Gasteiger partial charge in [0.2, 0.25) is 5.91 Å². The third-order valence-corrected chi connectivity index (χ3v) is 5.42. The van der Waals surface area contributed by atoms with E-state index in [1.807, 2.05) is 30.3 Å². The van der Waals surface area contributed by atoms with Gasteiger partial charge in [-0.1, -0.05) is 54.3 Å². The van der Waals surface area contributed by atoms with Gasteiger partial charge in [-0.05, 0) is 29.8 Å². The zero-order valence-corrected chi connectivity index (χ0v) is 16.6. The first kappa shape index (κ1) is 20.6. The van der Waals surface area contributed by atoms with Crippen molar-refractivity contribution in [1.82, 2.24) is 4.90 Å². The first-order valence-corrected chi connectivity index (χ1v) is 9.74. The second-order valence-corrected chi connectivity index (χ2v) is 7.75. The third kappa shape index (κ3) is 5.01. The van der Waals surface area contributed by atoms with Gasteiger partial charge in [-0.25, -0.2) is 4.79 Å². The Bertz CT molecular complexity index is 1020. The van der Waals surface area contributed by atoms with E-state index in [1.165, 1.54) is 28.8 Å². The Morgan fingerprint density at radius 3 is 2.59 bits per heavy atom. The monoisotopic (exact) mass is 428 g/mol. The molecule has 0 atom stereocenters. The van der Waals surface area contributed by atoms with E-state index < -0.39 is 11.9 Å². The number of aromatic carboxylic acids is 1. The van der Waals surface area contributed by atoms with E-state index in [4.69, 9.17) is 12.2 Å². The standard InChI is InChI=1S/C20H16N2O5S2/c23-13-6-7-15(14(11-13)19(26)27)21-17(24)8-9-22-18(25)16(29-20(22)28)10-12-4-2-1-3-5-12/h1-7,10-11,23H,8-9H2,(H,21,24)(H,26,27). The van der Waals surface area contributed by atoms with E-state index in [9.17, 15) is 24.6 Å². The number of anilines is 1. The molecule has 3 N–H and O–H groups in total. The Morgan fingerprint density at radius 1 is 1.17 bits per heavy atom. The van der Waals surface area contributed by atoms with Crippen LogP contribution < -0.4 is 5.32 Å². The third-order valence-electron chi connectivity index (χ3n) is 4.04. The Kier molecular flexibility index (Phi) is 6.30. The number of carbonyl (C=O) groups is 3. The summed E-state index contributed by atoms with van der Waals surface area (Å²) in [5.41, 5.74) is 0.712. The van der Waals surface area contributed by atoms with Crippen LogP contribution in [0.5, 0.6) is 5.75 Å². The van der Waals surface area contributed by atoms with Crippen LogP contribution in [0, 0.1) is 0 Å². The van der Waals surface area contributed by atoms with Crippen LogP contribution in [0.4, 0.5) is 5.69 Å². The molecule has 0 bridgehead atoms. The molecule has 1 aliphatic heterocycles. The van der Waals surface area contributed by atoms with Gasteiger partial charge < -0.3 is 15.5 Å². The fourth-order valence-corrected chi connectivity index (χ4v) is 3.95. The van der Waals surface area contributed by atoms with Crippen molar-refractivity contribution in [3.63, 3.8) is 0 Å². The van der Waals surface area contributed by atoms with E-state index in [0.717, 1.165) is 11.6 Å². The van der Waals surface area contributed by atoms with Gasteiger partial charge in [-0.15, -0.1) is 0 Å². The summed E-state index contributed by atoms with van der Waals surface area (Å²) in [7, 11) is 0. The molecule has 1 aliphatic rings. The van der Waals surface area contributed by atoms with Crippen LogP contribution in [0.3, 0.4) is 0 Å². The van der Waals surface area contributed by atoms with E-state index in [0.29, 0.717) is 9.23 Å². The average molecular weight is 428 g/mol.